The van der Waals surface area contributed by atoms with E-state index < -0.39 is 0 Å². The highest BCUT2D eigenvalue weighted by atomic mass is 32.1. The quantitative estimate of drug-likeness (QED) is 0.160. The Morgan fingerprint density at radius 3 is 1.43 bits per heavy atom. The van der Waals surface area contributed by atoms with Crippen LogP contribution in [0.1, 0.15) is 0 Å². The highest BCUT2D eigenvalue weighted by Gasteiger charge is 2.21. The molecule has 0 aliphatic carbocycles. The van der Waals surface area contributed by atoms with E-state index in [-0.39, 0.29) is 0 Å². The maximum absolute atomic E-state index is 2.46. The lowest BCUT2D eigenvalue weighted by molar-refractivity contribution is 1.66. The molecule has 12 rings (SSSR count). The predicted octanol–water partition coefficient (Wildman–Crippen LogP) is 16.0. The van der Waals surface area contributed by atoms with Gasteiger partial charge in [0.2, 0.25) is 0 Å². The molecule has 54 heavy (non-hydrogen) atoms. The third kappa shape index (κ3) is 4.36. The summed E-state index contributed by atoms with van der Waals surface area (Å²) in [6, 6.07) is 67.8. The van der Waals surface area contributed by atoms with E-state index in [1.165, 1.54) is 117 Å². The SMILES string of the molecule is c1ccc2cc3c(cc2c1)sc1c(-c2ccc(-c4c5ccccc5c(-c5cccc6ccccc56)c5ccccc45)cc2)c2sc4ccccc4c2cc13. The molecule has 250 valence electrons. The van der Waals surface area contributed by atoms with Gasteiger partial charge in [0.05, 0.1) is 0 Å². The van der Waals surface area contributed by atoms with Crippen molar-refractivity contribution in [3.05, 3.63) is 182 Å². The van der Waals surface area contributed by atoms with Crippen LogP contribution in [0.2, 0.25) is 0 Å². The molecule has 0 atom stereocenters. The van der Waals surface area contributed by atoms with Crippen molar-refractivity contribution in [2.75, 3.05) is 0 Å². The van der Waals surface area contributed by atoms with Gasteiger partial charge in [0.25, 0.3) is 0 Å². The van der Waals surface area contributed by atoms with Gasteiger partial charge in [-0.05, 0) is 95.2 Å². The standard InChI is InChI=1S/C52H30S2/c1-2-14-35-29-47-43(28-34(35)13-1)45-30-44-37-17-9-10-23-46(37)53-51(44)49(52(45)54-47)33-26-24-32(25-27-33)48-39-18-5-7-20-41(39)50(42-21-8-6-19-40(42)48)38-22-11-15-31-12-3-4-16-36(31)38/h1-30H. The molecule has 10 aromatic carbocycles. The van der Waals surface area contributed by atoms with Crippen LogP contribution in [-0.4, -0.2) is 0 Å². The number of thiophene rings is 2. The third-order valence-electron chi connectivity index (χ3n) is 11.4. The molecular weight excluding hydrogens is 689 g/mol. The average molecular weight is 719 g/mol. The molecular formula is C52H30S2. The maximum Gasteiger partial charge on any atom is 0.0448 e. The normalized spacial score (nSPS) is 12.1. The van der Waals surface area contributed by atoms with Crippen molar-refractivity contribution in [1.29, 1.82) is 0 Å². The number of benzene rings is 10. The Bertz CT molecular complexity index is 3430. The first-order valence-corrected chi connectivity index (χ1v) is 20.1. The predicted molar refractivity (Wildman–Crippen MR) is 239 cm³/mol. The molecule has 0 unspecified atom stereocenters. The third-order valence-corrected chi connectivity index (χ3v) is 13.8. The molecule has 2 aromatic heterocycles. The summed E-state index contributed by atoms with van der Waals surface area (Å²) in [4.78, 5) is 0. The van der Waals surface area contributed by atoms with Crippen molar-refractivity contribution in [2.45, 2.75) is 0 Å². The topological polar surface area (TPSA) is 0 Å². The van der Waals surface area contributed by atoms with Gasteiger partial charge in [-0.1, -0.05) is 158 Å². The average Bonchev–Trinajstić information content (AvgIpc) is 3.78. The fraction of sp³-hybridized carbons (Fsp3) is 0. The van der Waals surface area contributed by atoms with Crippen LogP contribution in [0.3, 0.4) is 0 Å². The molecule has 2 heteroatoms. The highest BCUT2D eigenvalue weighted by Crippen LogP contribution is 2.50. The van der Waals surface area contributed by atoms with Crippen molar-refractivity contribution in [1.82, 2.24) is 0 Å². The first-order valence-electron chi connectivity index (χ1n) is 18.5. The minimum Gasteiger partial charge on any atom is -0.134 e. The number of hydrogen-bond acceptors (Lipinski definition) is 2. The lowest BCUT2D eigenvalue weighted by Crippen LogP contribution is -1.91. The summed E-state index contributed by atoms with van der Waals surface area (Å²) in [6.45, 7) is 0. The molecule has 0 bridgehead atoms. The van der Waals surface area contributed by atoms with E-state index in [0.717, 1.165) is 0 Å². The van der Waals surface area contributed by atoms with Crippen LogP contribution in [0.25, 0.3) is 117 Å². The Balaban J connectivity index is 1.11. The van der Waals surface area contributed by atoms with Crippen molar-refractivity contribution < 1.29 is 0 Å². The van der Waals surface area contributed by atoms with Crippen LogP contribution in [-0.2, 0) is 0 Å². The Labute approximate surface area is 319 Å². The van der Waals surface area contributed by atoms with Crippen molar-refractivity contribution in [3.8, 4) is 33.4 Å². The Hall–Kier alpha value is -6.32. The van der Waals surface area contributed by atoms with Crippen LogP contribution in [0.15, 0.2) is 182 Å². The molecule has 0 saturated heterocycles. The molecule has 0 aliphatic heterocycles. The van der Waals surface area contributed by atoms with Gasteiger partial charge in [-0.15, -0.1) is 22.7 Å². The molecule has 2 heterocycles. The summed E-state index contributed by atoms with van der Waals surface area (Å²) in [6.07, 6.45) is 0. The van der Waals surface area contributed by atoms with Crippen LogP contribution < -0.4 is 0 Å². The molecule has 0 nitrogen and oxygen atoms in total. The monoisotopic (exact) mass is 718 g/mol. The zero-order valence-electron chi connectivity index (χ0n) is 29.1. The zero-order chi connectivity index (χ0) is 35.3. The molecule has 0 spiro atoms. The zero-order valence-corrected chi connectivity index (χ0v) is 30.8. The summed E-state index contributed by atoms with van der Waals surface area (Å²) < 4.78 is 5.40. The van der Waals surface area contributed by atoms with Crippen molar-refractivity contribution in [3.63, 3.8) is 0 Å². The minimum atomic E-state index is 1.23. The second-order valence-corrected chi connectivity index (χ2v) is 16.5. The van der Waals surface area contributed by atoms with E-state index >= 15 is 0 Å². The second-order valence-electron chi connectivity index (χ2n) is 14.3. The first kappa shape index (κ1) is 30.2. The summed E-state index contributed by atoms with van der Waals surface area (Å²) in [5.74, 6) is 0. The number of hydrogen-bond donors (Lipinski definition) is 0. The van der Waals surface area contributed by atoms with Gasteiger partial charge in [-0.3, -0.25) is 0 Å². The molecule has 0 radical (unpaired) electrons. The van der Waals surface area contributed by atoms with E-state index in [1.807, 2.05) is 22.7 Å². The Morgan fingerprint density at radius 2 is 0.741 bits per heavy atom. The van der Waals surface area contributed by atoms with Crippen LogP contribution in [0.4, 0.5) is 0 Å². The Kier molecular flexibility index (Phi) is 6.48. The molecule has 0 amide bonds. The van der Waals surface area contributed by atoms with Gasteiger partial charge in [-0.25, -0.2) is 0 Å². The minimum absolute atomic E-state index is 1.23. The maximum atomic E-state index is 2.46. The summed E-state index contributed by atoms with van der Waals surface area (Å²) >= 11 is 3.86. The van der Waals surface area contributed by atoms with Gasteiger partial charge >= 0.3 is 0 Å². The molecule has 0 fully saturated rings. The lowest BCUT2D eigenvalue weighted by Gasteiger charge is -2.19. The first-order chi connectivity index (χ1) is 26.8. The molecule has 0 saturated carbocycles. The summed E-state index contributed by atoms with van der Waals surface area (Å²) in [7, 11) is 0. The molecule has 0 aliphatic rings. The number of rotatable bonds is 3. The van der Waals surface area contributed by atoms with Crippen molar-refractivity contribution >= 4 is 106 Å². The van der Waals surface area contributed by atoms with Crippen molar-refractivity contribution in [2.24, 2.45) is 0 Å². The second kappa shape index (κ2) is 11.6. The Morgan fingerprint density at radius 1 is 0.259 bits per heavy atom. The molecule has 0 N–H and O–H groups in total. The summed E-state index contributed by atoms with van der Waals surface area (Å²) in [5.41, 5.74) is 7.71. The van der Waals surface area contributed by atoms with Crippen LogP contribution >= 0.6 is 22.7 Å². The summed E-state index contributed by atoms with van der Waals surface area (Å²) in [5, 5.41) is 15.6. The fourth-order valence-corrected chi connectivity index (χ4v) is 11.6. The largest absolute Gasteiger partial charge is 0.134 e. The van der Waals surface area contributed by atoms with Gasteiger partial charge < -0.3 is 0 Å². The van der Waals surface area contributed by atoms with Gasteiger partial charge in [0, 0.05) is 45.9 Å². The number of fused-ring (bicyclic) bond motifs is 10. The molecule has 12 aromatic rings. The van der Waals surface area contributed by atoms with Gasteiger partial charge in [0.1, 0.15) is 0 Å². The van der Waals surface area contributed by atoms with E-state index in [1.54, 1.807) is 0 Å². The fourth-order valence-electron chi connectivity index (χ4n) is 9.01. The van der Waals surface area contributed by atoms with E-state index in [4.69, 9.17) is 0 Å². The lowest BCUT2D eigenvalue weighted by atomic mass is 9.84. The van der Waals surface area contributed by atoms with Crippen LogP contribution in [0.5, 0.6) is 0 Å². The van der Waals surface area contributed by atoms with E-state index in [2.05, 4.69) is 182 Å². The van der Waals surface area contributed by atoms with Crippen LogP contribution in [0, 0.1) is 0 Å². The van der Waals surface area contributed by atoms with E-state index in [9.17, 15) is 0 Å². The van der Waals surface area contributed by atoms with Gasteiger partial charge in [0.15, 0.2) is 0 Å². The van der Waals surface area contributed by atoms with E-state index in [0.29, 0.717) is 0 Å². The van der Waals surface area contributed by atoms with Gasteiger partial charge in [-0.2, -0.15) is 0 Å². The smallest absolute Gasteiger partial charge is 0.0448 e. The highest BCUT2D eigenvalue weighted by molar-refractivity contribution is 7.29.